The van der Waals surface area contributed by atoms with Crippen LogP contribution in [0.1, 0.15) is 616 Å². The lowest BCUT2D eigenvalue weighted by Gasteiger charge is -2.09. The molecule has 0 rings (SSSR count). The lowest BCUT2D eigenvalue weighted by molar-refractivity contribution is 0.293. The van der Waals surface area contributed by atoms with Crippen molar-refractivity contribution < 1.29 is 5.11 Å². The van der Waals surface area contributed by atoms with Gasteiger partial charge in [0.15, 0.2) is 0 Å². The van der Waals surface area contributed by atoms with E-state index in [0.717, 1.165) is 64.8 Å². The molecule has 0 aliphatic rings. The van der Waals surface area contributed by atoms with Crippen molar-refractivity contribution in [3.8, 4) is 0 Å². The van der Waals surface area contributed by atoms with E-state index in [1.54, 1.807) is 0 Å². The maximum absolute atomic E-state index is 8.19. The highest BCUT2D eigenvalue weighted by molar-refractivity contribution is 4.58. The number of hydrogen-bond donors (Lipinski definition) is 12. The van der Waals surface area contributed by atoms with Crippen LogP contribution < -0.4 is 63.1 Å². The maximum atomic E-state index is 8.19. The molecule has 742 valence electrons. The molecule has 0 saturated carbocycles. The van der Waals surface area contributed by atoms with E-state index in [-0.39, 0.29) is 12.8 Å². The molecule has 120 heavy (non-hydrogen) atoms. The summed E-state index contributed by atoms with van der Waals surface area (Å²) >= 11 is 0. The third kappa shape index (κ3) is 195. The molecule has 1 atom stereocenters. The van der Waals surface area contributed by atoms with Crippen molar-refractivity contribution in [2.24, 2.45) is 57.5 Å². The van der Waals surface area contributed by atoms with Crippen LogP contribution in [0, 0.1) is 5.92 Å². The fourth-order valence-corrected chi connectivity index (χ4v) is 14.4. The number of unbranched alkanes of at least 4 members (excludes halogenated alkanes) is 74. The molecular weight excluding hydrogens is 1470 g/mol. The summed E-state index contributed by atoms with van der Waals surface area (Å²) in [6.07, 6.45) is 118. The maximum Gasteiger partial charge on any atom is 0.0555 e. The summed E-state index contributed by atoms with van der Waals surface area (Å²) in [4.78, 5) is 0. The molecule has 23 N–H and O–H groups in total. The van der Waals surface area contributed by atoms with Crippen LogP contribution in [0.15, 0.2) is 0 Å². The normalized spacial score (nSPS) is 10.7. The number of nitrogens with one attached hydrogen (secondary N) is 1. The first-order chi connectivity index (χ1) is 58.6. The highest BCUT2D eigenvalue weighted by Crippen LogP contribution is 2.19. The van der Waals surface area contributed by atoms with E-state index in [9.17, 15) is 0 Å². The van der Waals surface area contributed by atoms with Gasteiger partial charge in [-0.25, -0.2) is 0 Å². The molecule has 0 aromatic heterocycles. The monoisotopic (exact) mass is 1720 g/mol. The molecule has 0 amide bonds. The summed E-state index contributed by atoms with van der Waals surface area (Å²) in [6.45, 7) is 33.7. The lowest BCUT2D eigenvalue weighted by Crippen LogP contribution is -2.24. The second kappa shape index (κ2) is 165. The van der Waals surface area contributed by atoms with E-state index < -0.39 is 0 Å². The Morgan fingerprint density at radius 1 is 0.175 bits per heavy atom. The van der Waals surface area contributed by atoms with E-state index in [1.807, 2.05) is 6.92 Å². The minimum absolute atomic E-state index is 0. The van der Waals surface area contributed by atoms with E-state index in [0.29, 0.717) is 13.1 Å². The summed E-state index contributed by atoms with van der Waals surface area (Å²) in [5, 5.41) is 11.1. The molecule has 0 bridgehead atoms. The largest absolute Gasteiger partial charge is 0.395 e. The van der Waals surface area contributed by atoms with Gasteiger partial charge in [-0.05, 0) is 103 Å². The molecule has 0 aromatic rings. The van der Waals surface area contributed by atoms with Crippen LogP contribution in [0.2, 0.25) is 0 Å². The Hall–Kier alpha value is -0.480. The van der Waals surface area contributed by atoms with Gasteiger partial charge < -0.3 is 68.2 Å². The average Bonchev–Trinajstić information content (AvgIpc) is 1.08. The van der Waals surface area contributed by atoms with Gasteiger partial charge in [0.25, 0.3) is 0 Å². The van der Waals surface area contributed by atoms with Crippen molar-refractivity contribution in [2.75, 3.05) is 78.6 Å². The number of aliphatic hydroxyl groups is 1. The smallest absolute Gasteiger partial charge is 0.0555 e. The molecule has 0 saturated heterocycles. The highest BCUT2D eigenvalue weighted by atomic mass is 16.3. The number of aliphatic hydroxyl groups excluding tert-OH is 1. The van der Waals surface area contributed by atoms with Crippen LogP contribution >= 0.6 is 0 Å². The van der Waals surface area contributed by atoms with Crippen LogP contribution in [-0.2, 0) is 0 Å². The van der Waals surface area contributed by atoms with Crippen molar-refractivity contribution in [3.63, 3.8) is 0 Å². The van der Waals surface area contributed by atoms with Crippen molar-refractivity contribution in [1.82, 2.24) is 11.5 Å². The van der Waals surface area contributed by atoms with Gasteiger partial charge in [0.05, 0.1) is 6.61 Å². The molecule has 0 spiro atoms. The molecule has 0 heterocycles. The first kappa shape index (κ1) is 143. The highest BCUT2D eigenvalue weighted by Gasteiger charge is 2.02. The van der Waals surface area contributed by atoms with Crippen molar-refractivity contribution in [1.29, 1.82) is 0 Å². The van der Waals surface area contributed by atoms with Crippen molar-refractivity contribution in [2.45, 2.75) is 616 Å². The Morgan fingerprint density at radius 3 is 0.392 bits per heavy atom. The molecule has 12 heteroatoms. The van der Waals surface area contributed by atoms with Crippen molar-refractivity contribution >= 4 is 0 Å². The second-order valence-corrected chi connectivity index (χ2v) is 35.5. The molecule has 0 radical (unpaired) electrons. The van der Waals surface area contributed by atoms with Crippen LogP contribution in [0.3, 0.4) is 0 Å². The van der Waals surface area contributed by atoms with Crippen LogP contribution in [-0.4, -0.2) is 83.7 Å². The molecular formula is C108H249N11O. The van der Waals surface area contributed by atoms with Crippen LogP contribution in [0.5, 0.6) is 0 Å². The van der Waals surface area contributed by atoms with Crippen LogP contribution in [0.4, 0.5) is 0 Å². The van der Waals surface area contributed by atoms with Gasteiger partial charge in [0.1, 0.15) is 0 Å². The van der Waals surface area contributed by atoms with Gasteiger partial charge in [-0.2, -0.15) is 0 Å². The van der Waals surface area contributed by atoms with Gasteiger partial charge in [-0.3, -0.25) is 0 Å². The standard InChI is InChI=1S/C18H39N.C16H35N.C14H30.C13H29N.C12H27N.C11H25N.C10H23N.C8H19N.C4H12N2O.C2H7N.H3N/c1-2-3-4-5-6-7-8-9-10-11-12-13-14-15-16-17-18-19;1-2-3-4-5-6-7-8-9-10-11-12-13-14-15-16-17;1-3-5-7-9-11-13-14-12-10-8-6-4-2;1-2-3-4-5-6-7-8-9-10-11-12-13-14;1-2-3-4-5-6-7-8-9-10-11-12-13;1-2-3-4-5-6-7-8-9-10-11-12;1-2-3-4-5-6-7-8-9-10-11;1-3-5-6-8(4-2)7-9;5-1-2-6-3-4-7;1-2-3;/h2-19H2,1H3;2-17H2,1H3;3-14H2,1-2H3;2-14H2,1H3;2-13H2,1H3;2-12H2,1H3;2-11H2,1H3;8H,3-7,9H2,1-2H3;6-7H,1-5H2;2-3H2,1H3;1H3. The molecule has 0 aliphatic heterocycles. The zero-order valence-electron chi connectivity index (χ0n) is 86.3. The quantitative estimate of drug-likeness (QED) is 0.0253. The van der Waals surface area contributed by atoms with Gasteiger partial charge >= 0.3 is 0 Å². The topological polar surface area (TPSA) is 301 Å². The van der Waals surface area contributed by atoms with Crippen LogP contribution in [0.25, 0.3) is 0 Å². The van der Waals surface area contributed by atoms with E-state index in [1.165, 1.54) is 539 Å². The Bertz CT molecular complexity index is 1280. The zero-order chi connectivity index (χ0) is 90.2. The van der Waals surface area contributed by atoms with Gasteiger partial charge in [0, 0.05) is 19.6 Å². The molecule has 1 unspecified atom stereocenters. The second-order valence-electron chi connectivity index (χ2n) is 35.5. The Balaban J connectivity index is -0.000000124. The summed E-state index contributed by atoms with van der Waals surface area (Å²) in [6, 6.07) is 0. The van der Waals surface area contributed by atoms with E-state index in [4.69, 9.17) is 56.7 Å². The van der Waals surface area contributed by atoms with Gasteiger partial charge in [0.2, 0.25) is 0 Å². The summed E-state index contributed by atoms with van der Waals surface area (Å²) in [5.74, 6) is 0.782. The molecule has 12 nitrogen and oxygen atoms in total. The predicted octanol–water partition coefficient (Wildman–Crippen LogP) is 32.8. The number of hydrogen-bond acceptors (Lipinski definition) is 12. The Kier molecular flexibility index (Phi) is 196. The zero-order valence-corrected chi connectivity index (χ0v) is 86.3. The van der Waals surface area contributed by atoms with E-state index in [2.05, 4.69) is 74.6 Å². The SMILES string of the molecule is CCCCC(CC)CN.CCCCCCCCCCCCCC.CCCCCCCCCCCCCCCCCCN.CCCCCCCCCCCCCCCCN.CCCCCCCCCCCCCN.CCCCCCCCCCCCN.CCCCCCCCCCCN.CCCCCCCCCCN.CCN.N.NCCNCCO. The minimum atomic E-state index is 0. The first-order valence-corrected chi connectivity index (χ1v) is 55.2. The first-order valence-electron chi connectivity index (χ1n) is 55.2. The Labute approximate surface area is 763 Å². The number of rotatable bonds is 88. The van der Waals surface area contributed by atoms with E-state index >= 15 is 0 Å². The molecule has 0 aliphatic carbocycles. The predicted molar refractivity (Wildman–Crippen MR) is 560 cm³/mol. The summed E-state index contributed by atoms with van der Waals surface area (Å²) < 4.78 is 0. The lowest BCUT2D eigenvalue weighted by atomic mass is 10.00. The van der Waals surface area contributed by atoms with Gasteiger partial charge in [-0.15, -0.1) is 0 Å². The Morgan fingerprint density at radius 2 is 0.300 bits per heavy atom. The molecule has 0 aromatic carbocycles. The summed E-state index contributed by atoms with van der Waals surface area (Å²) in [7, 11) is 0. The van der Waals surface area contributed by atoms with Crippen molar-refractivity contribution in [3.05, 3.63) is 0 Å². The number of nitrogens with two attached hydrogens (primary N) is 9. The summed E-state index contributed by atoms with van der Waals surface area (Å²) in [5.41, 5.74) is 48.1. The minimum Gasteiger partial charge on any atom is -0.395 e. The third-order valence-electron chi connectivity index (χ3n) is 22.8. The van der Waals surface area contributed by atoms with Gasteiger partial charge in [-0.1, -0.05) is 571 Å². The fourth-order valence-electron chi connectivity index (χ4n) is 14.4. The average molecular weight is 1720 g/mol. The fraction of sp³-hybridized carbons (Fsp3) is 1.00. The third-order valence-corrected chi connectivity index (χ3v) is 22.8. The molecule has 0 fully saturated rings.